The lowest BCUT2D eigenvalue weighted by Gasteiger charge is -1.88. The third kappa shape index (κ3) is 1.12. The van der Waals surface area contributed by atoms with Crippen molar-refractivity contribution in [2.45, 2.75) is 6.92 Å². The second kappa shape index (κ2) is 2.47. The Bertz CT molecular complexity index is 394. The van der Waals surface area contributed by atoms with Crippen LogP contribution in [-0.4, -0.2) is 4.98 Å². The van der Waals surface area contributed by atoms with Gasteiger partial charge in [0, 0.05) is 11.1 Å². The summed E-state index contributed by atoms with van der Waals surface area (Å²) < 4.78 is 1.09. The van der Waals surface area contributed by atoms with E-state index in [2.05, 4.69) is 18.0 Å². The highest BCUT2D eigenvalue weighted by molar-refractivity contribution is 7.19. The molecule has 2 heterocycles. The van der Waals surface area contributed by atoms with E-state index in [-0.39, 0.29) is 0 Å². The Hall–Kier alpha value is -0.600. The smallest absolute Gasteiger partial charge is 0.146 e. The summed E-state index contributed by atoms with van der Waals surface area (Å²) in [5.74, 6) is 0. The van der Waals surface area contributed by atoms with Gasteiger partial charge in [0.25, 0.3) is 0 Å². The summed E-state index contributed by atoms with van der Waals surface area (Å²) in [4.78, 5) is 5.27. The molecule has 56 valence electrons. The Balaban J connectivity index is 2.90. The molecule has 0 unspecified atom stereocenters. The molecule has 0 aliphatic carbocycles. The second-order valence-electron chi connectivity index (χ2n) is 2.38. The van der Waals surface area contributed by atoms with Crippen molar-refractivity contribution in [3.05, 3.63) is 28.4 Å². The minimum Gasteiger partial charge on any atom is -0.243 e. The molecule has 1 nitrogen and oxygen atoms in total. The van der Waals surface area contributed by atoms with E-state index in [0.29, 0.717) is 5.15 Å². The molecule has 0 saturated carbocycles. The average molecular weight is 184 g/mol. The van der Waals surface area contributed by atoms with Crippen LogP contribution in [0.1, 0.15) is 4.88 Å². The van der Waals surface area contributed by atoms with Crippen molar-refractivity contribution in [3.8, 4) is 0 Å². The van der Waals surface area contributed by atoms with Crippen molar-refractivity contribution >= 4 is 33.0 Å². The summed E-state index contributed by atoms with van der Waals surface area (Å²) in [5, 5.41) is 1.80. The van der Waals surface area contributed by atoms with Crippen LogP contribution in [0.4, 0.5) is 0 Å². The van der Waals surface area contributed by atoms with Crippen molar-refractivity contribution in [2.75, 3.05) is 0 Å². The molecule has 0 amide bonds. The molecule has 0 aliphatic heterocycles. The fraction of sp³-hybridized carbons (Fsp3) is 0.125. The zero-order chi connectivity index (χ0) is 7.84. The molecular weight excluding hydrogens is 178 g/mol. The van der Waals surface area contributed by atoms with Gasteiger partial charge >= 0.3 is 0 Å². The van der Waals surface area contributed by atoms with Gasteiger partial charge in [-0.15, -0.1) is 11.3 Å². The van der Waals surface area contributed by atoms with Gasteiger partial charge in [0.2, 0.25) is 0 Å². The van der Waals surface area contributed by atoms with Crippen molar-refractivity contribution in [1.29, 1.82) is 0 Å². The van der Waals surface area contributed by atoms with Crippen LogP contribution in [0, 0.1) is 6.92 Å². The van der Waals surface area contributed by atoms with Crippen LogP contribution in [0.2, 0.25) is 5.15 Å². The number of pyridine rings is 1. The van der Waals surface area contributed by atoms with E-state index in [0.717, 1.165) is 4.70 Å². The predicted molar refractivity (Wildman–Crippen MR) is 49.4 cm³/mol. The van der Waals surface area contributed by atoms with Gasteiger partial charge in [-0.25, -0.2) is 4.98 Å². The SMILES string of the molecule is Cc1cc2ccnc(Cl)c2s1. The van der Waals surface area contributed by atoms with Crippen molar-refractivity contribution in [2.24, 2.45) is 0 Å². The maximum absolute atomic E-state index is 5.87. The van der Waals surface area contributed by atoms with Crippen molar-refractivity contribution < 1.29 is 0 Å². The average Bonchev–Trinajstić information content (AvgIpc) is 2.31. The molecule has 0 spiro atoms. The molecule has 2 aromatic rings. The van der Waals surface area contributed by atoms with E-state index in [9.17, 15) is 0 Å². The van der Waals surface area contributed by atoms with E-state index in [1.807, 2.05) is 6.07 Å². The fourth-order valence-corrected chi connectivity index (χ4v) is 2.23. The van der Waals surface area contributed by atoms with Crippen LogP contribution < -0.4 is 0 Å². The largest absolute Gasteiger partial charge is 0.243 e. The van der Waals surface area contributed by atoms with Gasteiger partial charge in [0.1, 0.15) is 5.15 Å². The summed E-state index contributed by atoms with van der Waals surface area (Å²) in [6.07, 6.45) is 1.73. The van der Waals surface area contributed by atoms with Gasteiger partial charge < -0.3 is 0 Å². The van der Waals surface area contributed by atoms with Gasteiger partial charge in [0.05, 0.1) is 4.70 Å². The van der Waals surface area contributed by atoms with Crippen LogP contribution in [0.3, 0.4) is 0 Å². The topological polar surface area (TPSA) is 12.9 Å². The maximum atomic E-state index is 5.87. The number of hydrogen-bond acceptors (Lipinski definition) is 2. The molecule has 11 heavy (non-hydrogen) atoms. The second-order valence-corrected chi connectivity index (χ2v) is 3.99. The molecule has 0 saturated heterocycles. The summed E-state index contributed by atoms with van der Waals surface area (Å²) in [6.45, 7) is 2.07. The lowest BCUT2D eigenvalue weighted by molar-refractivity contribution is 1.37. The fourth-order valence-electron chi connectivity index (χ4n) is 1.06. The summed E-state index contributed by atoms with van der Waals surface area (Å²) >= 11 is 7.55. The Labute approximate surface area is 73.6 Å². The highest BCUT2D eigenvalue weighted by Crippen LogP contribution is 2.29. The highest BCUT2D eigenvalue weighted by Gasteiger charge is 2.01. The number of rotatable bonds is 0. The first kappa shape index (κ1) is 7.07. The molecule has 0 aromatic carbocycles. The zero-order valence-corrected chi connectivity index (χ0v) is 7.54. The molecular formula is C8H6ClNS. The van der Waals surface area contributed by atoms with Crippen LogP contribution >= 0.6 is 22.9 Å². The van der Waals surface area contributed by atoms with Crippen LogP contribution in [0.15, 0.2) is 18.3 Å². The first-order valence-corrected chi connectivity index (χ1v) is 4.47. The molecule has 2 aromatic heterocycles. The summed E-state index contributed by atoms with van der Waals surface area (Å²) in [6, 6.07) is 4.10. The number of halogens is 1. The number of aromatic nitrogens is 1. The molecule has 0 aliphatic rings. The number of thiophene rings is 1. The molecule has 0 radical (unpaired) electrons. The quantitative estimate of drug-likeness (QED) is 0.572. The van der Waals surface area contributed by atoms with E-state index in [1.54, 1.807) is 17.5 Å². The van der Waals surface area contributed by atoms with Gasteiger partial charge in [-0.1, -0.05) is 11.6 Å². The van der Waals surface area contributed by atoms with Crippen LogP contribution in [-0.2, 0) is 0 Å². The number of nitrogens with zero attached hydrogens (tertiary/aromatic N) is 1. The summed E-state index contributed by atoms with van der Waals surface area (Å²) in [7, 11) is 0. The summed E-state index contributed by atoms with van der Waals surface area (Å²) in [5.41, 5.74) is 0. The molecule has 0 fully saturated rings. The Morgan fingerprint density at radius 3 is 3.09 bits per heavy atom. The minimum absolute atomic E-state index is 0.612. The monoisotopic (exact) mass is 183 g/mol. The van der Waals surface area contributed by atoms with Gasteiger partial charge in [-0.2, -0.15) is 0 Å². The molecule has 2 rings (SSSR count). The first-order chi connectivity index (χ1) is 5.27. The maximum Gasteiger partial charge on any atom is 0.146 e. The lowest BCUT2D eigenvalue weighted by Crippen LogP contribution is -1.70. The molecule has 0 atom stereocenters. The normalized spacial score (nSPS) is 10.7. The minimum atomic E-state index is 0.612. The number of hydrogen-bond donors (Lipinski definition) is 0. The number of aryl methyl sites for hydroxylation is 1. The molecule has 0 bridgehead atoms. The van der Waals surface area contributed by atoms with E-state index in [4.69, 9.17) is 11.6 Å². The van der Waals surface area contributed by atoms with Crippen molar-refractivity contribution in [1.82, 2.24) is 4.98 Å². The predicted octanol–water partition coefficient (Wildman–Crippen LogP) is 3.26. The Kier molecular flexibility index (Phi) is 1.59. The first-order valence-electron chi connectivity index (χ1n) is 3.28. The molecule has 0 N–H and O–H groups in total. The number of fused-ring (bicyclic) bond motifs is 1. The van der Waals surface area contributed by atoms with E-state index < -0.39 is 0 Å². The Morgan fingerprint density at radius 2 is 2.36 bits per heavy atom. The third-order valence-corrected chi connectivity index (χ3v) is 2.98. The van der Waals surface area contributed by atoms with E-state index >= 15 is 0 Å². The highest BCUT2D eigenvalue weighted by atomic mass is 35.5. The van der Waals surface area contributed by atoms with Gasteiger partial charge in [0.15, 0.2) is 0 Å². The van der Waals surface area contributed by atoms with Gasteiger partial charge in [-0.05, 0) is 24.4 Å². The lowest BCUT2D eigenvalue weighted by atomic mass is 10.3. The Morgan fingerprint density at radius 1 is 1.55 bits per heavy atom. The van der Waals surface area contributed by atoms with Crippen LogP contribution in [0.25, 0.3) is 10.1 Å². The van der Waals surface area contributed by atoms with Crippen LogP contribution in [0.5, 0.6) is 0 Å². The van der Waals surface area contributed by atoms with Crippen molar-refractivity contribution in [3.63, 3.8) is 0 Å². The van der Waals surface area contributed by atoms with E-state index in [1.165, 1.54) is 10.3 Å². The van der Waals surface area contributed by atoms with Gasteiger partial charge in [-0.3, -0.25) is 0 Å². The molecule has 3 heteroatoms. The zero-order valence-electron chi connectivity index (χ0n) is 5.97. The third-order valence-electron chi connectivity index (χ3n) is 1.51. The standard InChI is InChI=1S/C8H6ClNS/c1-5-4-6-2-3-10-8(9)7(6)11-5/h2-4H,1H3.